The van der Waals surface area contributed by atoms with Crippen LogP contribution in [0.3, 0.4) is 0 Å². The van der Waals surface area contributed by atoms with E-state index in [2.05, 4.69) is 0 Å². The maximum atomic E-state index is 4.95. The van der Waals surface area contributed by atoms with Gasteiger partial charge in [0.1, 0.15) is 0 Å². The molecule has 0 saturated carbocycles. The van der Waals surface area contributed by atoms with Crippen LogP contribution in [0.15, 0.2) is 0 Å². The van der Waals surface area contributed by atoms with Gasteiger partial charge < -0.3 is 21.9 Å². The average molecular weight is 572 g/mol. The Balaban J connectivity index is -0.00000000450. The molecule has 0 fully saturated rings. The van der Waals surface area contributed by atoms with E-state index in [0.717, 1.165) is 0 Å². The zero-order valence-corrected chi connectivity index (χ0v) is 10.3. The Kier molecular flexibility index (Phi) is 153. The summed E-state index contributed by atoms with van der Waals surface area (Å²) in [5.74, 6) is 0. The van der Waals surface area contributed by atoms with Crippen molar-refractivity contribution in [3.8, 4) is 0 Å². The maximum absolute atomic E-state index is 4.95. The molecular formula is H8Au2Cl3O4. The first-order valence-corrected chi connectivity index (χ1v) is 8.40. The first-order chi connectivity index (χ1) is 1.73. The second kappa shape index (κ2) is 31.9. The number of halogens is 3. The summed E-state index contributed by atoms with van der Waals surface area (Å²) in [5.41, 5.74) is 0. The van der Waals surface area contributed by atoms with Gasteiger partial charge >= 0.3 is 42.8 Å². The zero-order chi connectivity index (χ0) is 3.58. The van der Waals surface area contributed by atoms with Gasteiger partial charge in [-0.15, -0.1) is 0 Å². The van der Waals surface area contributed by atoms with Crippen LogP contribution in [0, 0.1) is 0 Å². The first-order valence-electron chi connectivity index (χ1n) is 0.342. The second-order valence-corrected chi connectivity index (χ2v) is 9.52. The Morgan fingerprint density at radius 3 is 0.667 bits per heavy atom. The summed E-state index contributed by atoms with van der Waals surface area (Å²) >= 11 is -1.79. The predicted molar refractivity (Wildman–Crippen MR) is 32.0 cm³/mol. The fourth-order valence-corrected chi connectivity index (χ4v) is 0. The van der Waals surface area contributed by atoms with Gasteiger partial charge in [0.2, 0.25) is 0 Å². The van der Waals surface area contributed by atoms with Gasteiger partial charge in [-0.2, -0.15) is 0 Å². The molecule has 0 heterocycles. The SMILES string of the molecule is O.O.O.O.[Au].[Cl][Au]([Cl])[Cl]. The minimum atomic E-state index is -1.79. The number of hydrogen-bond acceptors (Lipinski definition) is 0. The van der Waals surface area contributed by atoms with Crippen LogP contribution in [0.25, 0.3) is 0 Å². The van der Waals surface area contributed by atoms with Crippen molar-refractivity contribution in [1.29, 1.82) is 0 Å². The molecule has 0 aliphatic rings. The quantitative estimate of drug-likeness (QED) is 0.323. The fraction of sp³-hybridized carbons (Fsp3) is 0. The van der Waals surface area contributed by atoms with E-state index in [9.17, 15) is 0 Å². The Morgan fingerprint density at radius 2 is 0.667 bits per heavy atom. The Morgan fingerprint density at radius 1 is 0.667 bits per heavy atom. The Labute approximate surface area is 86.2 Å². The molecule has 9 heteroatoms. The van der Waals surface area contributed by atoms with Crippen LogP contribution in [0.1, 0.15) is 0 Å². The normalized spacial score (nSPS) is 5.00. The zero-order valence-electron chi connectivity index (χ0n) is 3.74. The van der Waals surface area contributed by atoms with Crippen molar-refractivity contribution in [2.75, 3.05) is 0 Å². The second-order valence-electron chi connectivity index (χ2n) is 0.129. The third-order valence-corrected chi connectivity index (χ3v) is 0. The molecule has 0 unspecified atom stereocenters. The topological polar surface area (TPSA) is 126 Å². The van der Waals surface area contributed by atoms with Crippen molar-refractivity contribution in [1.82, 2.24) is 0 Å². The van der Waals surface area contributed by atoms with Crippen LogP contribution in [0.2, 0.25) is 0 Å². The van der Waals surface area contributed by atoms with Crippen LogP contribution >= 0.6 is 27.6 Å². The van der Waals surface area contributed by atoms with E-state index in [0.29, 0.717) is 0 Å². The van der Waals surface area contributed by atoms with Gasteiger partial charge in [-0.05, 0) is 0 Å². The molecule has 0 amide bonds. The van der Waals surface area contributed by atoms with Gasteiger partial charge in [-0.25, -0.2) is 0 Å². The molecule has 0 rings (SSSR count). The summed E-state index contributed by atoms with van der Waals surface area (Å²) in [6.45, 7) is 0. The van der Waals surface area contributed by atoms with Crippen LogP contribution in [-0.4, -0.2) is 21.9 Å². The standard InChI is InChI=1S/2Au.3ClH.4H2O/h;;3*1H;4*1H2/q;+3;;;;;;;/p-3. The van der Waals surface area contributed by atoms with Crippen molar-refractivity contribution in [2.24, 2.45) is 0 Å². The molecule has 0 bridgehead atoms. The summed E-state index contributed by atoms with van der Waals surface area (Å²) in [6, 6.07) is 0. The van der Waals surface area contributed by atoms with Crippen LogP contribution in [-0.2, 0) is 37.6 Å². The van der Waals surface area contributed by atoms with Crippen LogP contribution in [0.4, 0.5) is 0 Å². The van der Waals surface area contributed by atoms with Crippen LogP contribution in [0.5, 0.6) is 0 Å². The molecule has 0 spiro atoms. The van der Waals surface area contributed by atoms with Crippen molar-refractivity contribution < 1.29 is 59.5 Å². The van der Waals surface area contributed by atoms with Gasteiger partial charge in [0, 0.05) is 22.4 Å². The molecule has 0 atom stereocenters. The average Bonchev–Trinajstić information content (AvgIpc) is 0.811. The number of rotatable bonds is 0. The van der Waals surface area contributed by atoms with Gasteiger partial charge in [0.25, 0.3) is 0 Å². The van der Waals surface area contributed by atoms with Crippen molar-refractivity contribution in [2.45, 2.75) is 0 Å². The van der Waals surface area contributed by atoms with Crippen molar-refractivity contribution in [3.05, 3.63) is 0 Å². The van der Waals surface area contributed by atoms with E-state index < -0.39 is 15.2 Å². The van der Waals surface area contributed by atoms with Crippen LogP contribution < -0.4 is 0 Å². The third kappa shape index (κ3) is 142. The van der Waals surface area contributed by atoms with Gasteiger partial charge in [0.15, 0.2) is 0 Å². The molecule has 0 aliphatic heterocycles. The van der Waals surface area contributed by atoms with E-state index in [4.69, 9.17) is 27.6 Å². The van der Waals surface area contributed by atoms with Gasteiger partial charge in [-0.1, -0.05) is 0 Å². The van der Waals surface area contributed by atoms with Gasteiger partial charge in [-0.3, -0.25) is 0 Å². The summed E-state index contributed by atoms with van der Waals surface area (Å²) < 4.78 is 0. The molecule has 4 nitrogen and oxygen atoms in total. The molecule has 0 saturated heterocycles. The fourth-order valence-electron chi connectivity index (χ4n) is 0. The molecular weight excluding hydrogens is 564 g/mol. The van der Waals surface area contributed by atoms with Crippen molar-refractivity contribution in [3.63, 3.8) is 0 Å². The summed E-state index contributed by atoms with van der Waals surface area (Å²) in [7, 11) is 14.9. The Hall–Kier alpha value is 2.19. The van der Waals surface area contributed by atoms with E-state index >= 15 is 0 Å². The van der Waals surface area contributed by atoms with E-state index in [1.54, 1.807) is 0 Å². The minimum absolute atomic E-state index is 0. The molecule has 9 heavy (non-hydrogen) atoms. The number of hydrogen-bond donors (Lipinski definition) is 0. The summed E-state index contributed by atoms with van der Waals surface area (Å²) in [5, 5.41) is 0. The molecule has 0 aliphatic carbocycles. The molecule has 1 radical (unpaired) electrons. The molecule has 75 valence electrons. The van der Waals surface area contributed by atoms with Gasteiger partial charge in [0.05, 0.1) is 0 Å². The molecule has 8 N–H and O–H groups in total. The van der Waals surface area contributed by atoms with Crippen molar-refractivity contribution >= 4 is 27.6 Å². The van der Waals surface area contributed by atoms with E-state index in [1.807, 2.05) is 0 Å². The summed E-state index contributed by atoms with van der Waals surface area (Å²) in [4.78, 5) is 0. The third-order valence-electron chi connectivity index (χ3n) is 0. The monoisotopic (exact) mass is 571 g/mol. The Bertz CT molecular complexity index is 18.5. The molecule has 0 aromatic carbocycles. The van der Waals surface area contributed by atoms with E-state index in [-0.39, 0.29) is 44.3 Å². The molecule has 0 aromatic heterocycles. The first kappa shape index (κ1) is 43.1. The predicted octanol–water partition coefficient (Wildman–Crippen LogP) is -1.24. The van der Waals surface area contributed by atoms with E-state index in [1.165, 1.54) is 0 Å². The summed E-state index contributed by atoms with van der Waals surface area (Å²) in [6.07, 6.45) is 0. The molecule has 0 aromatic rings.